The molecular weight excluding hydrogens is 296 g/mol. The first kappa shape index (κ1) is 9.74. The van der Waals surface area contributed by atoms with Gasteiger partial charge in [-0.2, -0.15) is 0 Å². The quantitative estimate of drug-likeness (QED) is 0.787. The van der Waals surface area contributed by atoms with Crippen LogP contribution in [0.4, 0.5) is 0 Å². The van der Waals surface area contributed by atoms with Gasteiger partial charge >= 0.3 is 0 Å². The Balaban J connectivity index is 2.25. The molecule has 1 atom stereocenters. The van der Waals surface area contributed by atoms with E-state index in [1.807, 2.05) is 0 Å². The second kappa shape index (κ2) is 4.15. The molecule has 1 unspecified atom stereocenters. The number of benzene rings is 1. The van der Waals surface area contributed by atoms with E-state index in [1.165, 1.54) is 12.0 Å². The van der Waals surface area contributed by atoms with Crippen LogP contribution < -0.4 is 5.32 Å². The summed E-state index contributed by atoms with van der Waals surface area (Å²) >= 11 is 8.32. The zero-order valence-corrected chi connectivity index (χ0v) is 10.1. The lowest BCUT2D eigenvalue weighted by atomic mass is 9.99. The molecule has 0 radical (unpaired) electrons. The van der Waals surface area contributed by atoms with Crippen LogP contribution in [-0.2, 0) is 0 Å². The number of halogens is 2. The first-order valence-electron chi connectivity index (χ1n) is 4.43. The molecule has 13 heavy (non-hydrogen) atoms. The average molecular weight is 308 g/mol. The van der Waals surface area contributed by atoms with Gasteiger partial charge in [-0.1, -0.05) is 17.7 Å². The molecule has 0 aliphatic carbocycles. The maximum absolute atomic E-state index is 6.06. The van der Waals surface area contributed by atoms with E-state index in [0.717, 1.165) is 21.7 Å². The molecule has 1 aromatic rings. The summed E-state index contributed by atoms with van der Waals surface area (Å²) in [6.07, 6.45) is 1.23. The van der Waals surface area contributed by atoms with Gasteiger partial charge in [0.2, 0.25) is 0 Å². The molecular formula is C10H11ClIN. The van der Waals surface area contributed by atoms with Crippen LogP contribution in [0.15, 0.2) is 18.2 Å². The van der Waals surface area contributed by atoms with E-state index in [2.05, 4.69) is 46.1 Å². The van der Waals surface area contributed by atoms with Gasteiger partial charge in [0.1, 0.15) is 0 Å². The summed E-state index contributed by atoms with van der Waals surface area (Å²) in [6.45, 7) is 2.23. The summed E-state index contributed by atoms with van der Waals surface area (Å²) in [4.78, 5) is 0. The Hall–Kier alpha value is 0.200. The molecule has 3 heteroatoms. The number of hydrogen-bond acceptors (Lipinski definition) is 1. The fraction of sp³-hybridized carbons (Fsp3) is 0.400. The largest absolute Gasteiger partial charge is 0.316 e. The summed E-state index contributed by atoms with van der Waals surface area (Å²) in [6, 6.07) is 6.38. The van der Waals surface area contributed by atoms with Crippen LogP contribution in [0, 0.1) is 3.57 Å². The first-order valence-corrected chi connectivity index (χ1v) is 5.88. The van der Waals surface area contributed by atoms with Gasteiger partial charge in [0.05, 0.1) is 5.02 Å². The Morgan fingerprint density at radius 1 is 1.46 bits per heavy atom. The molecule has 1 heterocycles. The topological polar surface area (TPSA) is 12.0 Å². The second-order valence-electron chi connectivity index (χ2n) is 3.36. The lowest BCUT2D eigenvalue weighted by Crippen LogP contribution is -2.07. The number of nitrogens with one attached hydrogen (secondary N) is 1. The van der Waals surface area contributed by atoms with Crippen molar-refractivity contribution in [2.24, 2.45) is 0 Å². The number of rotatable bonds is 1. The third kappa shape index (κ3) is 2.17. The molecule has 1 N–H and O–H groups in total. The fourth-order valence-corrected chi connectivity index (χ4v) is 2.23. The lowest BCUT2D eigenvalue weighted by molar-refractivity contribution is 0.763. The summed E-state index contributed by atoms with van der Waals surface area (Å²) < 4.78 is 1.13. The summed E-state index contributed by atoms with van der Waals surface area (Å²) in [5.41, 5.74) is 1.37. The third-order valence-corrected chi connectivity index (χ3v) is 4.05. The van der Waals surface area contributed by atoms with Gasteiger partial charge in [-0.3, -0.25) is 0 Å². The summed E-state index contributed by atoms with van der Waals surface area (Å²) in [7, 11) is 0. The molecule has 2 rings (SSSR count). The van der Waals surface area contributed by atoms with Crippen LogP contribution in [0.5, 0.6) is 0 Å². The average Bonchev–Trinajstić information content (AvgIpc) is 2.62. The van der Waals surface area contributed by atoms with E-state index < -0.39 is 0 Å². The van der Waals surface area contributed by atoms with Gasteiger partial charge < -0.3 is 5.32 Å². The molecule has 1 saturated heterocycles. The van der Waals surface area contributed by atoms with Crippen molar-refractivity contribution in [2.75, 3.05) is 13.1 Å². The molecule has 0 spiro atoms. The molecule has 1 nitrogen and oxygen atoms in total. The smallest absolute Gasteiger partial charge is 0.0542 e. The molecule has 0 aromatic heterocycles. The van der Waals surface area contributed by atoms with E-state index >= 15 is 0 Å². The molecule has 1 aromatic carbocycles. The second-order valence-corrected chi connectivity index (χ2v) is 4.93. The van der Waals surface area contributed by atoms with Crippen molar-refractivity contribution in [3.63, 3.8) is 0 Å². The SMILES string of the molecule is Clc1cc(C2CCNC2)ccc1I. The Kier molecular flexibility index (Phi) is 3.11. The zero-order valence-electron chi connectivity index (χ0n) is 7.19. The van der Waals surface area contributed by atoms with Crippen molar-refractivity contribution in [3.8, 4) is 0 Å². The van der Waals surface area contributed by atoms with E-state index in [9.17, 15) is 0 Å². The van der Waals surface area contributed by atoms with Crippen LogP contribution in [0.25, 0.3) is 0 Å². The highest BCUT2D eigenvalue weighted by molar-refractivity contribution is 14.1. The maximum atomic E-state index is 6.06. The molecule has 1 aliphatic rings. The fourth-order valence-electron chi connectivity index (χ4n) is 1.71. The van der Waals surface area contributed by atoms with Crippen LogP contribution >= 0.6 is 34.2 Å². The zero-order chi connectivity index (χ0) is 9.26. The highest BCUT2D eigenvalue weighted by atomic mass is 127. The van der Waals surface area contributed by atoms with Gasteiger partial charge in [0, 0.05) is 10.1 Å². The normalized spacial score (nSPS) is 22.2. The number of hydrogen-bond donors (Lipinski definition) is 1. The highest BCUT2D eigenvalue weighted by Gasteiger charge is 2.16. The van der Waals surface area contributed by atoms with Gasteiger partial charge in [-0.05, 0) is 59.2 Å². The third-order valence-electron chi connectivity index (χ3n) is 2.48. The standard InChI is InChI=1S/C10H11ClIN/c11-9-5-7(1-2-10(9)12)8-3-4-13-6-8/h1-2,5,8,13H,3-4,6H2. The van der Waals surface area contributed by atoms with E-state index in [4.69, 9.17) is 11.6 Å². The van der Waals surface area contributed by atoms with Crippen molar-refractivity contribution in [2.45, 2.75) is 12.3 Å². The van der Waals surface area contributed by atoms with Gasteiger partial charge in [0.15, 0.2) is 0 Å². The Morgan fingerprint density at radius 3 is 2.92 bits per heavy atom. The predicted molar refractivity (Wildman–Crippen MR) is 64.4 cm³/mol. The summed E-state index contributed by atoms with van der Waals surface area (Å²) in [5, 5.41) is 4.24. The Bertz CT molecular complexity index is 308. The highest BCUT2D eigenvalue weighted by Crippen LogP contribution is 2.27. The first-order chi connectivity index (χ1) is 6.27. The molecule has 0 amide bonds. The lowest BCUT2D eigenvalue weighted by Gasteiger charge is -2.09. The maximum Gasteiger partial charge on any atom is 0.0542 e. The summed E-state index contributed by atoms with van der Waals surface area (Å²) in [5.74, 6) is 0.662. The molecule has 0 saturated carbocycles. The van der Waals surface area contributed by atoms with E-state index in [0.29, 0.717) is 5.92 Å². The van der Waals surface area contributed by atoms with Crippen LogP contribution in [0.3, 0.4) is 0 Å². The van der Waals surface area contributed by atoms with Crippen molar-refractivity contribution >= 4 is 34.2 Å². The van der Waals surface area contributed by atoms with Crippen LogP contribution in [-0.4, -0.2) is 13.1 Å². The minimum Gasteiger partial charge on any atom is -0.316 e. The van der Waals surface area contributed by atoms with E-state index in [-0.39, 0.29) is 0 Å². The van der Waals surface area contributed by atoms with Crippen LogP contribution in [0.2, 0.25) is 5.02 Å². The van der Waals surface area contributed by atoms with Crippen molar-refractivity contribution in [1.82, 2.24) is 5.32 Å². The van der Waals surface area contributed by atoms with Crippen LogP contribution in [0.1, 0.15) is 17.9 Å². The van der Waals surface area contributed by atoms with Crippen molar-refractivity contribution < 1.29 is 0 Å². The minimum absolute atomic E-state index is 0.662. The minimum atomic E-state index is 0.662. The molecule has 0 bridgehead atoms. The van der Waals surface area contributed by atoms with Crippen molar-refractivity contribution in [1.29, 1.82) is 0 Å². The predicted octanol–water partition coefficient (Wildman–Crippen LogP) is 3.02. The Morgan fingerprint density at radius 2 is 2.31 bits per heavy atom. The van der Waals surface area contributed by atoms with E-state index in [1.54, 1.807) is 0 Å². The molecule has 1 fully saturated rings. The van der Waals surface area contributed by atoms with Gasteiger partial charge in [-0.15, -0.1) is 0 Å². The molecule has 70 valence electrons. The monoisotopic (exact) mass is 307 g/mol. The van der Waals surface area contributed by atoms with Gasteiger partial charge in [0.25, 0.3) is 0 Å². The Labute approximate surface area is 97.0 Å². The molecule has 1 aliphatic heterocycles. The van der Waals surface area contributed by atoms with Gasteiger partial charge in [-0.25, -0.2) is 0 Å². The van der Waals surface area contributed by atoms with Crippen molar-refractivity contribution in [3.05, 3.63) is 32.4 Å².